The van der Waals surface area contributed by atoms with Crippen LogP contribution in [0, 0.1) is 0 Å². The van der Waals surface area contributed by atoms with Crippen molar-refractivity contribution >= 4 is 11.6 Å². The minimum absolute atomic E-state index is 0.310. The van der Waals surface area contributed by atoms with Crippen molar-refractivity contribution in [2.45, 2.75) is 0 Å². The predicted octanol–water partition coefficient (Wildman–Crippen LogP) is 5.29. The van der Waals surface area contributed by atoms with Crippen LogP contribution in [0.2, 0.25) is 0 Å². The van der Waals surface area contributed by atoms with Crippen molar-refractivity contribution in [2.24, 2.45) is 0 Å². The van der Waals surface area contributed by atoms with Crippen molar-refractivity contribution in [3.63, 3.8) is 0 Å². The van der Waals surface area contributed by atoms with Crippen molar-refractivity contribution < 1.29 is 5.21 Å². The van der Waals surface area contributed by atoms with E-state index in [2.05, 4.69) is 9.97 Å². The number of aromatic nitrogens is 2. The van der Waals surface area contributed by atoms with Gasteiger partial charge in [-0.3, -0.25) is 0 Å². The first-order valence-corrected chi connectivity index (χ1v) is 8.31. The SMILES string of the molecule is [O]N(c1ccc(-c2ccccc2)cn1)c1ccc(-c2ccccc2)cn1. The van der Waals surface area contributed by atoms with Gasteiger partial charge in [0.05, 0.1) is 0 Å². The summed E-state index contributed by atoms with van der Waals surface area (Å²) in [5.41, 5.74) is 4.06. The second-order valence-corrected chi connectivity index (χ2v) is 5.84. The molecule has 1 radical (unpaired) electrons. The van der Waals surface area contributed by atoms with Gasteiger partial charge in [0.15, 0.2) is 11.6 Å². The Kier molecular flexibility index (Phi) is 4.41. The highest BCUT2D eigenvalue weighted by Gasteiger charge is 2.11. The van der Waals surface area contributed by atoms with E-state index in [0.717, 1.165) is 27.3 Å². The summed E-state index contributed by atoms with van der Waals surface area (Å²) in [6.45, 7) is 0. The molecule has 4 heteroatoms. The maximum absolute atomic E-state index is 12.5. The second-order valence-electron chi connectivity index (χ2n) is 5.84. The minimum Gasteiger partial charge on any atom is -0.236 e. The third-order valence-electron chi connectivity index (χ3n) is 4.13. The third kappa shape index (κ3) is 3.31. The lowest BCUT2D eigenvalue weighted by atomic mass is 10.1. The van der Waals surface area contributed by atoms with Gasteiger partial charge in [-0.05, 0) is 35.4 Å². The number of rotatable bonds is 4. The largest absolute Gasteiger partial charge is 0.236 e. The molecule has 0 unspecified atom stereocenters. The Morgan fingerprint density at radius 2 is 0.923 bits per heavy atom. The summed E-state index contributed by atoms with van der Waals surface area (Å²) in [4.78, 5) is 8.57. The summed E-state index contributed by atoms with van der Waals surface area (Å²) >= 11 is 0. The van der Waals surface area contributed by atoms with Gasteiger partial charge >= 0.3 is 0 Å². The summed E-state index contributed by atoms with van der Waals surface area (Å²) in [5.74, 6) is 0.620. The van der Waals surface area contributed by atoms with Crippen LogP contribution in [0.1, 0.15) is 0 Å². The summed E-state index contributed by atoms with van der Waals surface area (Å²) in [7, 11) is 0. The molecule has 0 fully saturated rings. The van der Waals surface area contributed by atoms with Crippen LogP contribution in [0.5, 0.6) is 0 Å². The van der Waals surface area contributed by atoms with Crippen LogP contribution in [-0.2, 0) is 5.21 Å². The molecule has 0 aliphatic carbocycles. The van der Waals surface area contributed by atoms with Gasteiger partial charge in [0.2, 0.25) is 0 Å². The van der Waals surface area contributed by atoms with Gasteiger partial charge in [-0.2, -0.15) is 5.06 Å². The Morgan fingerprint density at radius 3 is 1.27 bits per heavy atom. The molecule has 125 valence electrons. The van der Waals surface area contributed by atoms with E-state index in [-0.39, 0.29) is 0 Å². The lowest BCUT2D eigenvalue weighted by molar-refractivity contribution is 0.191. The highest BCUT2D eigenvalue weighted by molar-refractivity contribution is 5.66. The van der Waals surface area contributed by atoms with E-state index in [4.69, 9.17) is 0 Å². The smallest absolute Gasteiger partial charge is 0.162 e. The molecule has 0 aliphatic rings. The fraction of sp³-hybridized carbons (Fsp3) is 0. The van der Waals surface area contributed by atoms with Gasteiger partial charge in [0.1, 0.15) is 0 Å². The number of nitrogens with zero attached hydrogens (tertiary/aromatic N) is 3. The Bertz CT molecular complexity index is 886. The average Bonchev–Trinajstić information content (AvgIpc) is 2.75. The zero-order chi connectivity index (χ0) is 17.8. The lowest BCUT2D eigenvalue weighted by Gasteiger charge is -2.13. The minimum atomic E-state index is 0.310. The molecule has 4 nitrogen and oxygen atoms in total. The standard InChI is InChI=1S/C22H16N3O/c26-25(21-13-11-19(15-23-21)17-7-3-1-4-8-17)22-14-12-20(16-24-22)18-9-5-2-6-10-18/h1-16H. The Labute approximate surface area is 152 Å². The highest BCUT2D eigenvalue weighted by atomic mass is 16.5. The molecule has 2 aromatic carbocycles. The summed E-state index contributed by atoms with van der Waals surface area (Å²) in [6.07, 6.45) is 3.40. The van der Waals surface area contributed by atoms with Crippen molar-refractivity contribution in [3.8, 4) is 22.3 Å². The topological polar surface area (TPSA) is 48.9 Å². The maximum Gasteiger partial charge on any atom is 0.162 e. The molecule has 26 heavy (non-hydrogen) atoms. The van der Waals surface area contributed by atoms with Gasteiger partial charge in [-0.25, -0.2) is 9.97 Å². The summed E-state index contributed by atoms with van der Waals surface area (Å²) in [5, 5.41) is 13.3. The van der Waals surface area contributed by atoms with Crippen LogP contribution in [-0.4, -0.2) is 9.97 Å². The zero-order valence-electron chi connectivity index (χ0n) is 14.0. The van der Waals surface area contributed by atoms with Gasteiger partial charge < -0.3 is 0 Å². The van der Waals surface area contributed by atoms with Crippen LogP contribution in [0.4, 0.5) is 11.6 Å². The van der Waals surface area contributed by atoms with Gasteiger partial charge in [0.25, 0.3) is 0 Å². The van der Waals surface area contributed by atoms with E-state index in [1.54, 1.807) is 24.5 Å². The van der Waals surface area contributed by atoms with Crippen LogP contribution in [0.3, 0.4) is 0 Å². The lowest BCUT2D eigenvalue weighted by Crippen LogP contribution is -2.11. The normalized spacial score (nSPS) is 10.5. The number of pyridine rings is 2. The Morgan fingerprint density at radius 1 is 0.500 bits per heavy atom. The molecule has 4 aromatic rings. The quantitative estimate of drug-likeness (QED) is 0.475. The zero-order valence-corrected chi connectivity index (χ0v) is 14.0. The molecule has 0 saturated carbocycles. The first kappa shape index (κ1) is 16.0. The fourth-order valence-electron chi connectivity index (χ4n) is 2.73. The average molecular weight is 338 g/mol. The number of anilines is 2. The maximum atomic E-state index is 12.5. The third-order valence-corrected chi connectivity index (χ3v) is 4.13. The van der Waals surface area contributed by atoms with Crippen molar-refractivity contribution in [2.75, 3.05) is 5.06 Å². The van der Waals surface area contributed by atoms with Crippen LogP contribution < -0.4 is 5.06 Å². The van der Waals surface area contributed by atoms with E-state index in [9.17, 15) is 5.21 Å². The molecule has 0 spiro atoms. The number of benzene rings is 2. The monoisotopic (exact) mass is 338 g/mol. The molecule has 0 saturated heterocycles. The molecule has 2 heterocycles. The summed E-state index contributed by atoms with van der Waals surface area (Å²) in [6, 6.07) is 27.1. The second kappa shape index (κ2) is 7.17. The van der Waals surface area contributed by atoms with Crippen molar-refractivity contribution in [3.05, 3.63) is 97.3 Å². The molecule has 0 aliphatic heterocycles. The van der Waals surface area contributed by atoms with E-state index in [1.807, 2.05) is 72.8 Å². The number of hydrogen-bond donors (Lipinski definition) is 0. The van der Waals surface area contributed by atoms with Crippen LogP contribution >= 0.6 is 0 Å². The molecule has 2 aromatic heterocycles. The van der Waals surface area contributed by atoms with Gasteiger partial charge in [0, 0.05) is 23.5 Å². The Hall–Kier alpha value is -3.50. The molecular weight excluding hydrogens is 322 g/mol. The van der Waals surface area contributed by atoms with E-state index in [1.165, 1.54) is 0 Å². The van der Waals surface area contributed by atoms with Crippen molar-refractivity contribution in [1.82, 2.24) is 9.97 Å². The molecule has 0 atom stereocenters. The number of hydrogen-bond acceptors (Lipinski definition) is 3. The van der Waals surface area contributed by atoms with E-state index < -0.39 is 0 Å². The van der Waals surface area contributed by atoms with Crippen molar-refractivity contribution in [1.29, 1.82) is 0 Å². The van der Waals surface area contributed by atoms with Crippen LogP contribution in [0.25, 0.3) is 22.3 Å². The predicted molar refractivity (Wildman–Crippen MR) is 102 cm³/mol. The molecule has 0 amide bonds. The first-order chi connectivity index (χ1) is 12.8. The molecule has 0 bridgehead atoms. The molecular formula is C22H16N3O. The Balaban J connectivity index is 1.55. The molecule has 4 rings (SSSR count). The highest BCUT2D eigenvalue weighted by Crippen LogP contribution is 2.25. The van der Waals surface area contributed by atoms with Gasteiger partial charge in [-0.1, -0.05) is 65.9 Å². The first-order valence-electron chi connectivity index (χ1n) is 8.31. The van der Waals surface area contributed by atoms with E-state index in [0.29, 0.717) is 11.6 Å². The van der Waals surface area contributed by atoms with Gasteiger partial charge in [-0.15, -0.1) is 0 Å². The van der Waals surface area contributed by atoms with E-state index >= 15 is 0 Å². The molecule has 0 N–H and O–H groups in total. The fourth-order valence-corrected chi connectivity index (χ4v) is 2.73. The summed E-state index contributed by atoms with van der Waals surface area (Å²) < 4.78 is 0. The van der Waals surface area contributed by atoms with Crippen LogP contribution in [0.15, 0.2) is 97.3 Å².